The van der Waals surface area contributed by atoms with Crippen LogP contribution < -0.4 is 5.32 Å². The van der Waals surface area contributed by atoms with Crippen LogP contribution in [0.3, 0.4) is 0 Å². The predicted octanol–water partition coefficient (Wildman–Crippen LogP) is 4.75. The Labute approximate surface area is 148 Å². The maximum absolute atomic E-state index is 13.0. The molecule has 2 aromatic carbocycles. The summed E-state index contributed by atoms with van der Waals surface area (Å²) in [5, 5.41) is 13.9. The summed E-state index contributed by atoms with van der Waals surface area (Å²) in [4.78, 5) is 22.8. The fourth-order valence-electron chi connectivity index (χ4n) is 2.53. The number of furan rings is 1. The van der Waals surface area contributed by atoms with Gasteiger partial charge in [-0.3, -0.25) is 14.9 Å². The quantitative estimate of drug-likeness (QED) is 0.376. The highest BCUT2D eigenvalue weighted by atomic mass is 19.1. The summed E-state index contributed by atoms with van der Waals surface area (Å²) in [5.74, 6) is -0.0345. The minimum Gasteiger partial charge on any atom is -0.467 e. The Kier molecular flexibility index (Phi) is 5.07. The molecule has 0 aliphatic rings. The van der Waals surface area contributed by atoms with E-state index in [9.17, 15) is 19.3 Å². The fourth-order valence-corrected chi connectivity index (χ4v) is 2.53. The third kappa shape index (κ3) is 4.13. The summed E-state index contributed by atoms with van der Waals surface area (Å²) >= 11 is 0. The van der Waals surface area contributed by atoms with Crippen molar-refractivity contribution in [2.45, 2.75) is 12.5 Å². The minimum absolute atomic E-state index is 0.0208. The van der Waals surface area contributed by atoms with Crippen molar-refractivity contribution >= 4 is 17.2 Å². The number of nitro groups is 1. The second-order valence-corrected chi connectivity index (χ2v) is 5.65. The van der Waals surface area contributed by atoms with E-state index in [2.05, 4.69) is 5.32 Å². The number of carbonyl (C=O) groups excluding carboxylic acids is 1. The number of nitrogens with zero attached hydrogens (tertiary/aromatic N) is 1. The molecule has 1 heterocycles. The second-order valence-electron chi connectivity index (χ2n) is 5.65. The van der Waals surface area contributed by atoms with E-state index in [4.69, 9.17) is 4.42 Å². The highest BCUT2D eigenvalue weighted by molar-refractivity contribution is 5.96. The molecule has 0 fully saturated rings. The lowest BCUT2D eigenvalue weighted by Crippen LogP contribution is -2.15. The van der Waals surface area contributed by atoms with Gasteiger partial charge < -0.3 is 9.73 Å². The molecule has 3 rings (SSSR count). The van der Waals surface area contributed by atoms with Crippen molar-refractivity contribution in [1.29, 1.82) is 0 Å². The molecule has 0 aliphatic heterocycles. The van der Waals surface area contributed by atoms with Gasteiger partial charge in [0.05, 0.1) is 17.2 Å². The lowest BCUT2D eigenvalue weighted by Gasteiger charge is -2.17. The highest BCUT2D eigenvalue weighted by Gasteiger charge is 2.20. The van der Waals surface area contributed by atoms with E-state index in [1.54, 1.807) is 24.3 Å². The summed E-state index contributed by atoms with van der Waals surface area (Å²) < 4.78 is 18.4. The van der Waals surface area contributed by atoms with Crippen LogP contribution in [0.5, 0.6) is 0 Å². The average Bonchev–Trinajstić information content (AvgIpc) is 3.16. The Morgan fingerprint density at radius 3 is 2.38 bits per heavy atom. The number of carbonyl (C=O) groups is 1. The molecule has 7 heteroatoms. The monoisotopic (exact) mass is 354 g/mol. The summed E-state index contributed by atoms with van der Waals surface area (Å²) in [7, 11) is 0. The topological polar surface area (TPSA) is 85.4 Å². The number of halogens is 1. The van der Waals surface area contributed by atoms with Crippen molar-refractivity contribution in [2.75, 3.05) is 5.32 Å². The Morgan fingerprint density at radius 1 is 1.12 bits per heavy atom. The number of hydrogen-bond acceptors (Lipinski definition) is 5. The summed E-state index contributed by atoms with van der Waals surface area (Å²) in [6.07, 6.45) is 1.58. The van der Waals surface area contributed by atoms with Crippen LogP contribution in [0.2, 0.25) is 0 Å². The van der Waals surface area contributed by atoms with Gasteiger partial charge in [-0.2, -0.15) is 0 Å². The Balaban J connectivity index is 1.78. The molecule has 0 bridgehead atoms. The van der Waals surface area contributed by atoms with E-state index in [0.29, 0.717) is 17.0 Å². The molecule has 0 aliphatic carbocycles. The lowest BCUT2D eigenvalue weighted by molar-refractivity contribution is -0.384. The third-order valence-corrected chi connectivity index (χ3v) is 3.86. The molecule has 1 unspecified atom stereocenters. The van der Waals surface area contributed by atoms with Crippen molar-refractivity contribution in [3.8, 4) is 0 Å². The van der Waals surface area contributed by atoms with Crippen LogP contribution in [0.1, 0.15) is 28.6 Å². The molecule has 6 nitrogen and oxygen atoms in total. The predicted molar refractivity (Wildman–Crippen MR) is 93.5 cm³/mol. The number of nitro benzene ring substituents is 1. The standard InChI is InChI=1S/C19H15FN2O4/c20-14-5-3-13(4-6-14)18(23)12-17(19-2-1-11-26-19)21-15-7-9-16(10-8-15)22(24)25/h1-11,17,21H,12H2. The van der Waals surface area contributed by atoms with Gasteiger partial charge in [0, 0.05) is 29.8 Å². The highest BCUT2D eigenvalue weighted by Crippen LogP contribution is 2.26. The van der Waals surface area contributed by atoms with Gasteiger partial charge in [0.2, 0.25) is 0 Å². The SMILES string of the molecule is O=C(CC(Nc1ccc([N+](=O)[O-])cc1)c1ccco1)c1ccc(F)cc1. The molecule has 0 amide bonds. The molecular weight excluding hydrogens is 339 g/mol. The number of anilines is 1. The molecule has 1 N–H and O–H groups in total. The fraction of sp³-hybridized carbons (Fsp3) is 0.105. The van der Waals surface area contributed by atoms with Crippen LogP contribution in [0.25, 0.3) is 0 Å². The molecule has 0 saturated heterocycles. The molecule has 0 saturated carbocycles. The van der Waals surface area contributed by atoms with Crippen molar-refractivity contribution < 1.29 is 18.5 Å². The van der Waals surface area contributed by atoms with Crippen molar-refractivity contribution in [3.63, 3.8) is 0 Å². The number of nitrogens with one attached hydrogen (secondary N) is 1. The smallest absolute Gasteiger partial charge is 0.269 e. The minimum atomic E-state index is -0.480. The van der Waals surface area contributed by atoms with Gasteiger partial charge in [-0.15, -0.1) is 0 Å². The van der Waals surface area contributed by atoms with E-state index in [1.807, 2.05) is 0 Å². The van der Waals surface area contributed by atoms with Crippen molar-refractivity contribution in [2.24, 2.45) is 0 Å². The molecule has 3 aromatic rings. The zero-order chi connectivity index (χ0) is 18.5. The Bertz CT molecular complexity index is 890. The van der Waals surface area contributed by atoms with Gasteiger partial charge in [-0.25, -0.2) is 4.39 Å². The molecule has 26 heavy (non-hydrogen) atoms. The van der Waals surface area contributed by atoms with Gasteiger partial charge in [0.15, 0.2) is 5.78 Å². The first-order valence-corrected chi connectivity index (χ1v) is 7.86. The van der Waals surface area contributed by atoms with E-state index < -0.39 is 16.8 Å². The van der Waals surface area contributed by atoms with Crippen LogP contribution in [0.15, 0.2) is 71.3 Å². The van der Waals surface area contributed by atoms with Crippen LogP contribution in [-0.4, -0.2) is 10.7 Å². The van der Waals surface area contributed by atoms with Gasteiger partial charge in [0.1, 0.15) is 11.6 Å². The van der Waals surface area contributed by atoms with E-state index in [-0.39, 0.29) is 17.9 Å². The normalized spacial score (nSPS) is 11.7. The third-order valence-electron chi connectivity index (χ3n) is 3.86. The van der Waals surface area contributed by atoms with Crippen molar-refractivity contribution in [3.05, 3.63) is 94.2 Å². The van der Waals surface area contributed by atoms with Crippen LogP contribution in [-0.2, 0) is 0 Å². The molecule has 1 aromatic heterocycles. The van der Waals surface area contributed by atoms with E-state index in [0.717, 1.165) is 0 Å². The van der Waals surface area contributed by atoms with Gasteiger partial charge in [-0.05, 0) is 48.5 Å². The van der Waals surface area contributed by atoms with Gasteiger partial charge in [-0.1, -0.05) is 0 Å². The lowest BCUT2D eigenvalue weighted by atomic mass is 10.0. The number of non-ortho nitro benzene ring substituents is 1. The molecule has 132 valence electrons. The number of benzene rings is 2. The van der Waals surface area contributed by atoms with Crippen LogP contribution in [0, 0.1) is 15.9 Å². The van der Waals surface area contributed by atoms with Crippen LogP contribution >= 0.6 is 0 Å². The van der Waals surface area contributed by atoms with Gasteiger partial charge >= 0.3 is 0 Å². The number of rotatable bonds is 7. The summed E-state index contributed by atoms with van der Waals surface area (Å²) in [6.45, 7) is 0. The first-order chi connectivity index (χ1) is 12.5. The molecular formula is C19H15FN2O4. The second kappa shape index (κ2) is 7.60. The summed E-state index contributed by atoms with van der Waals surface area (Å²) in [5.41, 5.74) is 0.991. The Hall–Kier alpha value is -3.48. The van der Waals surface area contributed by atoms with E-state index >= 15 is 0 Å². The number of hydrogen-bond donors (Lipinski definition) is 1. The summed E-state index contributed by atoms with van der Waals surface area (Å²) in [6, 6.07) is 14.2. The first kappa shape index (κ1) is 17.3. The first-order valence-electron chi connectivity index (χ1n) is 7.86. The van der Waals surface area contributed by atoms with Crippen molar-refractivity contribution in [1.82, 2.24) is 0 Å². The Morgan fingerprint density at radius 2 is 1.81 bits per heavy atom. The van der Waals surface area contributed by atoms with E-state index in [1.165, 1.54) is 42.7 Å². The molecule has 0 spiro atoms. The average molecular weight is 354 g/mol. The molecule has 0 radical (unpaired) electrons. The van der Waals surface area contributed by atoms with Crippen LogP contribution in [0.4, 0.5) is 15.8 Å². The largest absolute Gasteiger partial charge is 0.467 e. The number of ketones is 1. The van der Waals surface area contributed by atoms with Gasteiger partial charge in [0.25, 0.3) is 5.69 Å². The molecule has 1 atom stereocenters. The number of Topliss-reactive ketones (excluding diaryl/α,β-unsaturated/α-hetero) is 1. The maximum atomic E-state index is 13.0. The zero-order valence-electron chi connectivity index (χ0n) is 13.6. The maximum Gasteiger partial charge on any atom is 0.269 e. The zero-order valence-corrected chi connectivity index (χ0v) is 13.6.